The molecule has 0 aliphatic carbocycles. The molecular weight excluding hydrogens is 214 g/mol. The Balaban J connectivity index is 2.10. The third-order valence-electron chi connectivity index (χ3n) is 3.51. The Morgan fingerprint density at radius 3 is 2.76 bits per heavy atom. The number of rotatable bonds is 1. The molecule has 1 aliphatic rings. The Hall–Kier alpha value is -1.75. The zero-order valence-corrected chi connectivity index (χ0v) is 9.98. The molecule has 5 heteroatoms. The Morgan fingerprint density at radius 1 is 1.24 bits per heavy atom. The highest BCUT2D eigenvalue weighted by Crippen LogP contribution is 2.29. The Kier molecular flexibility index (Phi) is 2.40. The van der Waals surface area contributed by atoms with Crippen LogP contribution >= 0.6 is 0 Å². The van der Waals surface area contributed by atoms with Gasteiger partial charge in [0, 0.05) is 6.04 Å². The van der Waals surface area contributed by atoms with E-state index in [9.17, 15) is 0 Å². The van der Waals surface area contributed by atoms with Crippen LogP contribution in [-0.2, 0) is 6.54 Å². The van der Waals surface area contributed by atoms with E-state index in [-0.39, 0.29) is 6.04 Å². The molecule has 0 N–H and O–H groups in total. The van der Waals surface area contributed by atoms with E-state index in [1.807, 2.05) is 10.7 Å². The van der Waals surface area contributed by atoms with Crippen LogP contribution < -0.4 is 0 Å². The molecule has 0 fully saturated rings. The summed E-state index contributed by atoms with van der Waals surface area (Å²) in [6, 6.07) is 11.0. The first-order chi connectivity index (χ1) is 8.27. The predicted molar refractivity (Wildman–Crippen MR) is 63.3 cm³/mol. The fourth-order valence-electron chi connectivity index (χ4n) is 2.41. The smallest absolute Gasteiger partial charge is 0.166 e. The van der Waals surface area contributed by atoms with Crippen molar-refractivity contribution in [2.75, 3.05) is 7.05 Å². The molecule has 3 rings (SSSR count). The van der Waals surface area contributed by atoms with Crippen LogP contribution in [0.25, 0.3) is 0 Å². The Labute approximate surface area is 100 Å². The number of benzene rings is 1. The van der Waals surface area contributed by atoms with Gasteiger partial charge in [-0.05, 0) is 30.0 Å². The van der Waals surface area contributed by atoms with Crippen LogP contribution in [-0.4, -0.2) is 38.2 Å². The second kappa shape index (κ2) is 3.92. The summed E-state index contributed by atoms with van der Waals surface area (Å²) in [6.07, 6.45) is 0. The molecule has 0 amide bonds. The van der Waals surface area contributed by atoms with E-state index in [0.29, 0.717) is 6.04 Å². The van der Waals surface area contributed by atoms with Gasteiger partial charge in [-0.25, -0.2) is 4.68 Å². The second-order valence-electron chi connectivity index (χ2n) is 4.55. The summed E-state index contributed by atoms with van der Waals surface area (Å²) in [4.78, 5) is 2.28. The zero-order valence-electron chi connectivity index (χ0n) is 9.98. The van der Waals surface area contributed by atoms with Gasteiger partial charge in [0.15, 0.2) is 5.82 Å². The summed E-state index contributed by atoms with van der Waals surface area (Å²) in [6.45, 7) is 3.01. The van der Waals surface area contributed by atoms with Gasteiger partial charge in [0.25, 0.3) is 0 Å². The van der Waals surface area contributed by atoms with E-state index in [2.05, 4.69) is 58.7 Å². The highest BCUT2D eigenvalue weighted by atomic mass is 15.6. The molecule has 0 spiro atoms. The molecule has 0 saturated heterocycles. The van der Waals surface area contributed by atoms with E-state index < -0.39 is 0 Å². The summed E-state index contributed by atoms with van der Waals surface area (Å²) < 4.78 is 1.94. The van der Waals surface area contributed by atoms with E-state index >= 15 is 0 Å². The fourth-order valence-corrected chi connectivity index (χ4v) is 2.41. The minimum absolute atomic E-state index is 0.194. The van der Waals surface area contributed by atoms with Crippen LogP contribution in [0.4, 0.5) is 0 Å². The first kappa shape index (κ1) is 10.4. The summed E-state index contributed by atoms with van der Waals surface area (Å²) >= 11 is 0. The van der Waals surface area contributed by atoms with Crippen molar-refractivity contribution >= 4 is 0 Å². The number of likely N-dealkylation sites (N-methyl/N-ethyl adjacent to an activating group) is 1. The quantitative estimate of drug-likeness (QED) is 0.734. The molecule has 88 valence electrons. The number of nitrogens with zero attached hydrogens (tertiary/aromatic N) is 5. The molecule has 1 aromatic carbocycles. The summed E-state index contributed by atoms with van der Waals surface area (Å²) in [5.41, 5.74) is 1.25. The maximum atomic E-state index is 4.13. The number of hydrogen-bond acceptors (Lipinski definition) is 4. The van der Waals surface area contributed by atoms with Crippen LogP contribution in [0.3, 0.4) is 0 Å². The number of aromatic nitrogens is 4. The van der Waals surface area contributed by atoms with Gasteiger partial charge < -0.3 is 0 Å². The van der Waals surface area contributed by atoms with Gasteiger partial charge in [-0.2, -0.15) is 0 Å². The molecule has 1 aromatic heterocycles. The SMILES string of the molecule is C[C@H]1[C@@H](c2ccccc2)n2nnnc2CN1C. The van der Waals surface area contributed by atoms with Crippen LogP contribution in [0.5, 0.6) is 0 Å². The standard InChI is InChI=1S/C12H15N5/c1-9-12(10-6-4-3-5-7-10)17-11(8-16(9)2)13-14-15-17/h3-7,9,12H,8H2,1-2H3/t9-,12-/m0/s1. The van der Waals surface area contributed by atoms with Crippen LogP contribution in [0.15, 0.2) is 30.3 Å². The van der Waals surface area contributed by atoms with Crippen molar-refractivity contribution < 1.29 is 0 Å². The van der Waals surface area contributed by atoms with Crippen molar-refractivity contribution in [1.82, 2.24) is 25.1 Å². The third-order valence-corrected chi connectivity index (χ3v) is 3.51. The fraction of sp³-hybridized carbons (Fsp3) is 0.417. The summed E-state index contributed by atoms with van der Waals surface area (Å²) in [5, 5.41) is 12.0. The Morgan fingerprint density at radius 2 is 2.00 bits per heavy atom. The molecule has 2 atom stereocenters. The lowest BCUT2D eigenvalue weighted by atomic mass is 9.98. The molecule has 2 aromatic rings. The molecule has 0 saturated carbocycles. The molecule has 0 radical (unpaired) electrons. The van der Waals surface area contributed by atoms with Gasteiger partial charge in [-0.15, -0.1) is 5.10 Å². The summed E-state index contributed by atoms with van der Waals surface area (Å²) in [5.74, 6) is 0.930. The lowest BCUT2D eigenvalue weighted by molar-refractivity contribution is 0.152. The number of tetrazole rings is 1. The average Bonchev–Trinajstić information content (AvgIpc) is 2.79. The number of hydrogen-bond donors (Lipinski definition) is 0. The Bertz CT molecular complexity index is 507. The van der Waals surface area contributed by atoms with Crippen LogP contribution in [0.1, 0.15) is 24.4 Å². The van der Waals surface area contributed by atoms with E-state index in [4.69, 9.17) is 0 Å². The van der Waals surface area contributed by atoms with E-state index in [0.717, 1.165) is 12.4 Å². The average molecular weight is 229 g/mol. The molecule has 17 heavy (non-hydrogen) atoms. The first-order valence-electron chi connectivity index (χ1n) is 5.79. The lowest BCUT2D eigenvalue weighted by Gasteiger charge is -2.36. The van der Waals surface area contributed by atoms with Crippen molar-refractivity contribution in [3.63, 3.8) is 0 Å². The van der Waals surface area contributed by atoms with Gasteiger partial charge in [-0.3, -0.25) is 4.90 Å². The first-order valence-corrected chi connectivity index (χ1v) is 5.79. The van der Waals surface area contributed by atoms with Crippen molar-refractivity contribution in [3.8, 4) is 0 Å². The molecule has 2 heterocycles. The topological polar surface area (TPSA) is 46.8 Å². The largest absolute Gasteiger partial charge is 0.294 e. The molecule has 0 bridgehead atoms. The highest BCUT2D eigenvalue weighted by molar-refractivity contribution is 5.22. The van der Waals surface area contributed by atoms with E-state index in [1.54, 1.807) is 0 Å². The predicted octanol–water partition coefficient (Wildman–Crippen LogP) is 1.10. The van der Waals surface area contributed by atoms with Crippen molar-refractivity contribution in [2.45, 2.75) is 25.6 Å². The molecule has 0 unspecified atom stereocenters. The summed E-state index contributed by atoms with van der Waals surface area (Å²) in [7, 11) is 2.11. The van der Waals surface area contributed by atoms with Crippen LogP contribution in [0.2, 0.25) is 0 Å². The van der Waals surface area contributed by atoms with Gasteiger partial charge in [0.1, 0.15) is 0 Å². The minimum atomic E-state index is 0.194. The minimum Gasteiger partial charge on any atom is -0.294 e. The van der Waals surface area contributed by atoms with E-state index in [1.165, 1.54) is 5.56 Å². The molecule has 1 aliphatic heterocycles. The van der Waals surface area contributed by atoms with Gasteiger partial charge in [0.05, 0.1) is 12.6 Å². The maximum absolute atomic E-state index is 4.13. The van der Waals surface area contributed by atoms with Crippen molar-refractivity contribution in [3.05, 3.63) is 41.7 Å². The zero-order chi connectivity index (χ0) is 11.8. The van der Waals surface area contributed by atoms with Gasteiger partial charge >= 0.3 is 0 Å². The highest BCUT2D eigenvalue weighted by Gasteiger charge is 2.32. The monoisotopic (exact) mass is 229 g/mol. The molecular formula is C12H15N5. The van der Waals surface area contributed by atoms with Crippen molar-refractivity contribution in [2.24, 2.45) is 0 Å². The van der Waals surface area contributed by atoms with Crippen LogP contribution in [0, 0.1) is 0 Å². The van der Waals surface area contributed by atoms with Gasteiger partial charge in [0.2, 0.25) is 0 Å². The van der Waals surface area contributed by atoms with Crippen molar-refractivity contribution in [1.29, 1.82) is 0 Å². The van der Waals surface area contributed by atoms with Gasteiger partial charge in [-0.1, -0.05) is 30.3 Å². The normalized spacial score (nSPS) is 24.6. The third kappa shape index (κ3) is 1.63. The second-order valence-corrected chi connectivity index (χ2v) is 4.55. The maximum Gasteiger partial charge on any atom is 0.166 e. The molecule has 5 nitrogen and oxygen atoms in total. The lowest BCUT2D eigenvalue weighted by Crippen LogP contribution is -2.43. The number of fused-ring (bicyclic) bond motifs is 1.